The first-order valence-corrected chi connectivity index (χ1v) is 13.8. The summed E-state index contributed by atoms with van der Waals surface area (Å²) in [5, 5.41) is 2.92. The zero-order valence-corrected chi connectivity index (χ0v) is 22.9. The van der Waals surface area contributed by atoms with Crippen molar-refractivity contribution >= 4 is 21.8 Å². The highest BCUT2D eigenvalue weighted by Crippen LogP contribution is 2.32. The van der Waals surface area contributed by atoms with Gasteiger partial charge in [-0.2, -0.15) is 0 Å². The smallest absolute Gasteiger partial charge is 0.216 e. The van der Waals surface area contributed by atoms with Crippen LogP contribution >= 0.6 is 15.9 Å². The van der Waals surface area contributed by atoms with Crippen molar-refractivity contribution in [3.8, 4) is 16.9 Å². The van der Waals surface area contributed by atoms with E-state index in [2.05, 4.69) is 82.8 Å². The van der Waals surface area contributed by atoms with Gasteiger partial charge >= 0.3 is 0 Å². The van der Waals surface area contributed by atoms with Crippen LogP contribution in [0.2, 0.25) is 0 Å². The van der Waals surface area contributed by atoms with Crippen molar-refractivity contribution in [2.24, 2.45) is 0 Å². The number of carbonyl (C=O) groups is 1. The van der Waals surface area contributed by atoms with Gasteiger partial charge in [-0.05, 0) is 84.5 Å². The van der Waals surface area contributed by atoms with E-state index in [1.165, 1.54) is 27.8 Å². The lowest BCUT2D eigenvalue weighted by Gasteiger charge is -2.29. The molecule has 3 aromatic rings. The van der Waals surface area contributed by atoms with E-state index in [1.54, 1.807) is 6.92 Å². The molecule has 190 valence electrons. The molecule has 0 aromatic heterocycles. The summed E-state index contributed by atoms with van der Waals surface area (Å²) in [5.41, 5.74) is 6.09. The lowest BCUT2D eigenvalue weighted by Crippen LogP contribution is -2.28. The molecule has 1 aliphatic carbocycles. The van der Waals surface area contributed by atoms with E-state index in [-0.39, 0.29) is 18.1 Å². The average Bonchev–Trinajstić information content (AvgIpc) is 2.89. The minimum Gasteiger partial charge on any atom is -0.490 e. The van der Waals surface area contributed by atoms with E-state index in [1.807, 2.05) is 12.1 Å². The second kappa shape index (κ2) is 13.1. The molecule has 0 unspecified atom stereocenters. The van der Waals surface area contributed by atoms with Gasteiger partial charge in [0.05, 0.1) is 18.8 Å². The molecule has 0 heterocycles. The number of amides is 1. The summed E-state index contributed by atoms with van der Waals surface area (Å²) in [4.78, 5) is 11.4. The maximum Gasteiger partial charge on any atom is 0.216 e. The predicted molar refractivity (Wildman–Crippen MR) is 149 cm³/mol. The molecule has 0 bridgehead atoms. The molecule has 1 amide bonds. The second-order valence-corrected chi connectivity index (χ2v) is 10.4. The maximum atomic E-state index is 11.4. The van der Waals surface area contributed by atoms with Crippen LogP contribution in [0.1, 0.15) is 56.2 Å². The quantitative estimate of drug-likeness (QED) is 0.289. The van der Waals surface area contributed by atoms with Crippen LogP contribution in [-0.4, -0.2) is 24.7 Å². The zero-order valence-electron chi connectivity index (χ0n) is 21.3. The molecular formula is C31H36BrNO3. The third kappa shape index (κ3) is 7.44. The van der Waals surface area contributed by atoms with Crippen LogP contribution in [0, 0.1) is 0 Å². The van der Waals surface area contributed by atoms with Gasteiger partial charge in [0.25, 0.3) is 0 Å². The standard InChI is InChI=1S/C31H36BrNO3/c1-3-23-7-6-9-25(19-23)30-20-29(12-11-24(30)17-18-33-22(2)34)36-28-15-13-27(14-16-28)35-21-26-8-4-5-10-31(26)32/h4-12,19-20,27-28H,3,13-18,21H2,1-2H3,(H,33,34). The Labute approximate surface area is 223 Å². The molecular weight excluding hydrogens is 514 g/mol. The number of hydrogen-bond acceptors (Lipinski definition) is 3. The first-order chi connectivity index (χ1) is 17.5. The van der Waals surface area contributed by atoms with E-state index >= 15 is 0 Å². The fourth-order valence-electron chi connectivity index (χ4n) is 4.78. The summed E-state index contributed by atoms with van der Waals surface area (Å²) in [6.07, 6.45) is 6.26. The van der Waals surface area contributed by atoms with Crippen molar-refractivity contribution < 1.29 is 14.3 Å². The van der Waals surface area contributed by atoms with Gasteiger partial charge in [0.1, 0.15) is 5.75 Å². The average molecular weight is 551 g/mol. The third-order valence-electron chi connectivity index (χ3n) is 6.85. The SMILES string of the molecule is CCc1cccc(-c2cc(OC3CCC(OCc4ccccc4Br)CC3)ccc2CCNC(C)=O)c1. The van der Waals surface area contributed by atoms with Crippen LogP contribution in [0.25, 0.3) is 11.1 Å². The Morgan fingerprint density at radius 3 is 2.47 bits per heavy atom. The zero-order chi connectivity index (χ0) is 25.3. The summed E-state index contributed by atoms with van der Waals surface area (Å²) in [6.45, 7) is 5.00. The molecule has 36 heavy (non-hydrogen) atoms. The third-order valence-corrected chi connectivity index (χ3v) is 7.63. The van der Waals surface area contributed by atoms with Crippen LogP contribution < -0.4 is 10.1 Å². The summed E-state index contributed by atoms with van der Waals surface area (Å²) in [6, 6.07) is 23.3. The van der Waals surface area contributed by atoms with Gasteiger partial charge in [0, 0.05) is 17.9 Å². The Hall–Kier alpha value is -2.63. The highest BCUT2D eigenvalue weighted by atomic mass is 79.9. The highest BCUT2D eigenvalue weighted by Gasteiger charge is 2.23. The number of hydrogen-bond donors (Lipinski definition) is 1. The second-order valence-electron chi connectivity index (χ2n) is 9.52. The molecule has 4 nitrogen and oxygen atoms in total. The Kier molecular flexibility index (Phi) is 9.60. The Balaban J connectivity index is 1.39. The molecule has 1 aliphatic rings. The van der Waals surface area contributed by atoms with Crippen molar-refractivity contribution in [3.05, 3.63) is 87.9 Å². The summed E-state index contributed by atoms with van der Waals surface area (Å²) >= 11 is 3.61. The highest BCUT2D eigenvalue weighted by molar-refractivity contribution is 9.10. The van der Waals surface area contributed by atoms with Gasteiger partial charge in [-0.1, -0.05) is 71.4 Å². The van der Waals surface area contributed by atoms with Crippen LogP contribution in [0.5, 0.6) is 5.75 Å². The molecule has 5 heteroatoms. The van der Waals surface area contributed by atoms with Crippen LogP contribution in [0.3, 0.4) is 0 Å². The molecule has 4 rings (SSSR count). The number of aryl methyl sites for hydroxylation is 1. The van der Waals surface area contributed by atoms with Crippen molar-refractivity contribution in [2.75, 3.05) is 6.54 Å². The van der Waals surface area contributed by atoms with Crippen LogP contribution in [-0.2, 0) is 29.0 Å². The first-order valence-electron chi connectivity index (χ1n) is 13.0. The molecule has 1 fully saturated rings. The molecule has 0 aliphatic heterocycles. The van der Waals surface area contributed by atoms with Crippen molar-refractivity contribution in [2.45, 2.75) is 71.2 Å². The molecule has 0 radical (unpaired) electrons. The Bertz CT molecular complexity index is 1150. The van der Waals surface area contributed by atoms with Gasteiger partial charge in [-0.3, -0.25) is 4.79 Å². The summed E-state index contributed by atoms with van der Waals surface area (Å²) in [7, 11) is 0. The van der Waals surface area contributed by atoms with Gasteiger partial charge in [-0.25, -0.2) is 0 Å². The minimum absolute atomic E-state index is 0.000434. The molecule has 1 N–H and O–H groups in total. The maximum absolute atomic E-state index is 11.4. The Morgan fingerprint density at radius 1 is 0.944 bits per heavy atom. The van der Waals surface area contributed by atoms with Crippen LogP contribution in [0.4, 0.5) is 0 Å². The summed E-state index contributed by atoms with van der Waals surface area (Å²) in [5.74, 6) is 0.910. The minimum atomic E-state index is 0.000434. The topological polar surface area (TPSA) is 47.6 Å². The largest absolute Gasteiger partial charge is 0.490 e. The predicted octanol–water partition coefficient (Wildman–Crippen LogP) is 7.26. The van der Waals surface area contributed by atoms with E-state index in [4.69, 9.17) is 9.47 Å². The fraction of sp³-hybridized carbons (Fsp3) is 0.387. The number of halogens is 1. The Morgan fingerprint density at radius 2 is 1.72 bits per heavy atom. The lowest BCUT2D eigenvalue weighted by molar-refractivity contribution is -0.118. The van der Waals surface area contributed by atoms with E-state index < -0.39 is 0 Å². The number of carbonyl (C=O) groups excluding carboxylic acids is 1. The molecule has 1 saturated carbocycles. The number of rotatable bonds is 10. The first kappa shape index (κ1) is 26.4. The molecule has 0 atom stereocenters. The van der Waals surface area contributed by atoms with Crippen LogP contribution in [0.15, 0.2) is 71.2 Å². The molecule has 0 saturated heterocycles. The van der Waals surface area contributed by atoms with Gasteiger partial charge in [-0.15, -0.1) is 0 Å². The number of nitrogens with one attached hydrogen (secondary N) is 1. The lowest BCUT2D eigenvalue weighted by atomic mass is 9.94. The van der Waals surface area contributed by atoms with Crippen molar-refractivity contribution in [1.82, 2.24) is 5.32 Å². The molecule has 0 spiro atoms. The van der Waals surface area contributed by atoms with Crippen molar-refractivity contribution in [3.63, 3.8) is 0 Å². The number of benzene rings is 3. The van der Waals surface area contributed by atoms with E-state index in [9.17, 15) is 4.79 Å². The molecule has 3 aromatic carbocycles. The van der Waals surface area contributed by atoms with E-state index in [0.29, 0.717) is 13.2 Å². The monoisotopic (exact) mass is 549 g/mol. The fourth-order valence-corrected chi connectivity index (χ4v) is 5.18. The summed E-state index contributed by atoms with van der Waals surface area (Å²) < 4.78 is 13.8. The van der Waals surface area contributed by atoms with Crippen molar-refractivity contribution in [1.29, 1.82) is 0 Å². The van der Waals surface area contributed by atoms with Gasteiger partial charge < -0.3 is 14.8 Å². The van der Waals surface area contributed by atoms with Gasteiger partial charge in [0.2, 0.25) is 5.91 Å². The normalized spacial score (nSPS) is 17.5. The van der Waals surface area contributed by atoms with Gasteiger partial charge in [0.15, 0.2) is 0 Å². The van der Waals surface area contributed by atoms with E-state index in [0.717, 1.165) is 48.7 Å². The number of ether oxygens (including phenoxy) is 2.